The van der Waals surface area contributed by atoms with Gasteiger partial charge in [-0.2, -0.15) is 13.2 Å². The zero-order chi connectivity index (χ0) is 30.5. The van der Waals surface area contributed by atoms with Gasteiger partial charge >= 0.3 is 6.18 Å². The van der Waals surface area contributed by atoms with Gasteiger partial charge < -0.3 is 25.0 Å². The standard InChI is InChI=1S/C31H40F3N7O/c1-30(2,3)29-37-18-25(19-38-29)35-12-6-7-26-16-23-15-22(8-9-27(23)41(26)21-31(32,33)34)17-36-24-10-13-40(14-11-24)28(42)20-39(4)5/h8-9,15-16,18-19,24,35-36H,10-14,17,20-21H2,1-5H3. The number of carbonyl (C=O) groups is 1. The van der Waals surface area contributed by atoms with Gasteiger partial charge in [-0.05, 0) is 56.6 Å². The first kappa shape index (κ1) is 31.3. The van der Waals surface area contributed by atoms with Gasteiger partial charge in [-0.1, -0.05) is 32.8 Å². The monoisotopic (exact) mass is 583 g/mol. The Labute approximate surface area is 245 Å². The number of nitrogens with one attached hydrogen (secondary N) is 2. The molecule has 0 bridgehead atoms. The van der Waals surface area contributed by atoms with Gasteiger partial charge in [0.1, 0.15) is 12.4 Å². The highest BCUT2D eigenvalue weighted by molar-refractivity contribution is 5.83. The molecule has 3 heterocycles. The second kappa shape index (κ2) is 13.1. The number of likely N-dealkylation sites (N-methyl/N-ethyl adjacent to an activating group) is 1. The van der Waals surface area contributed by atoms with E-state index in [9.17, 15) is 18.0 Å². The van der Waals surface area contributed by atoms with Crippen LogP contribution in [0.4, 0.5) is 18.9 Å². The zero-order valence-corrected chi connectivity index (χ0v) is 25.0. The summed E-state index contributed by atoms with van der Waals surface area (Å²) < 4.78 is 41.6. The van der Waals surface area contributed by atoms with E-state index in [1.165, 1.54) is 4.57 Å². The van der Waals surface area contributed by atoms with Crippen molar-refractivity contribution in [3.05, 3.63) is 53.7 Å². The molecule has 8 nitrogen and oxygen atoms in total. The molecule has 1 aliphatic heterocycles. The molecule has 1 saturated heterocycles. The number of rotatable bonds is 8. The van der Waals surface area contributed by atoms with Gasteiger partial charge in [-0.3, -0.25) is 4.79 Å². The molecule has 2 N–H and O–H groups in total. The third kappa shape index (κ3) is 8.69. The van der Waals surface area contributed by atoms with E-state index < -0.39 is 12.7 Å². The molecule has 1 fully saturated rings. The average molecular weight is 584 g/mol. The number of likely N-dealkylation sites (tertiary alicyclic amines) is 1. The lowest BCUT2D eigenvalue weighted by Crippen LogP contribution is -2.47. The van der Waals surface area contributed by atoms with Crippen LogP contribution in [-0.4, -0.2) is 82.7 Å². The van der Waals surface area contributed by atoms with E-state index >= 15 is 0 Å². The Morgan fingerprint density at radius 2 is 1.79 bits per heavy atom. The van der Waals surface area contributed by atoms with Gasteiger partial charge in [-0.25, -0.2) is 9.97 Å². The number of nitrogens with zero attached hydrogens (tertiary/aromatic N) is 5. The summed E-state index contributed by atoms with van der Waals surface area (Å²) in [5.41, 5.74) is 2.31. The molecule has 2 aromatic heterocycles. The van der Waals surface area contributed by atoms with Crippen LogP contribution in [0.15, 0.2) is 36.7 Å². The first-order chi connectivity index (χ1) is 19.8. The minimum Gasteiger partial charge on any atom is -0.372 e. The highest BCUT2D eigenvalue weighted by Gasteiger charge is 2.30. The summed E-state index contributed by atoms with van der Waals surface area (Å²) >= 11 is 0. The summed E-state index contributed by atoms with van der Waals surface area (Å²) in [6.07, 6.45) is 0.711. The summed E-state index contributed by atoms with van der Waals surface area (Å²) in [4.78, 5) is 24.8. The van der Waals surface area contributed by atoms with E-state index in [-0.39, 0.29) is 23.9 Å². The third-order valence-electron chi connectivity index (χ3n) is 7.12. The van der Waals surface area contributed by atoms with E-state index in [1.807, 2.05) is 56.8 Å². The predicted molar refractivity (Wildman–Crippen MR) is 159 cm³/mol. The molecule has 0 spiro atoms. The fourth-order valence-corrected chi connectivity index (χ4v) is 4.94. The summed E-state index contributed by atoms with van der Waals surface area (Å²) in [6, 6.07) is 7.51. The molecule has 0 radical (unpaired) electrons. The fraction of sp³-hybridized carbons (Fsp3) is 0.516. The molecule has 1 amide bonds. The van der Waals surface area contributed by atoms with Gasteiger partial charge in [-0.15, -0.1) is 0 Å². The van der Waals surface area contributed by atoms with Crippen LogP contribution < -0.4 is 10.6 Å². The molecule has 1 aliphatic rings. The summed E-state index contributed by atoms with van der Waals surface area (Å²) in [6.45, 7) is 7.66. The van der Waals surface area contributed by atoms with Crippen LogP contribution in [0.3, 0.4) is 0 Å². The van der Waals surface area contributed by atoms with Gasteiger partial charge in [0, 0.05) is 42.0 Å². The van der Waals surface area contributed by atoms with Gasteiger partial charge in [0.15, 0.2) is 0 Å². The lowest BCUT2D eigenvalue weighted by Gasteiger charge is -2.33. The topological polar surface area (TPSA) is 78.3 Å². The number of fused-ring (bicyclic) bond motifs is 1. The van der Waals surface area contributed by atoms with Crippen molar-refractivity contribution in [2.75, 3.05) is 45.6 Å². The molecule has 0 unspecified atom stereocenters. The highest BCUT2D eigenvalue weighted by Crippen LogP contribution is 2.26. The van der Waals surface area contributed by atoms with Crippen LogP contribution in [0, 0.1) is 11.8 Å². The zero-order valence-electron chi connectivity index (χ0n) is 25.0. The smallest absolute Gasteiger partial charge is 0.372 e. The normalized spacial score (nSPS) is 14.7. The Kier molecular flexibility index (Phi) is 9.79. The Balaban J connectivity index is 1.40. The van der Waals surface area contributed by atoms with Crippen LogP contribution in [0.2, 0.25) is 0 Å². The number of alkyl halides is 3. The van der Waals surface area contributed by atoms with Crippen molar-refractivity contribution in [1.29, 1.82) is 0 Å². The second-order valence-electron chi connectivity index (χ2n) is 12.1. The molecule has 11 heteroatoms. The molecule has 0 atom stereocenters. The molecule has 226 valence electrons. The fourth-order valence-electron chi connectivity index (χ4n) is 4.94. The molecular formula is C31H40F3N7O. The van der Waals surface area contributed by atoms with E-state index in [1.54, 1.807) is 24.5 Å². The summed E-state index contributed by atoms with van der Waals surface area (Å²) in [7, 11) is 3.77. The quantitative estimate of drug-likeness (QED) is 0.383. The number of benzene rings is 1. The minimum atomic E-state index is -4.38. The van der Waals surface area contributed by atoms with Crippen LogP contribution >= 0.6 is 0 Å². The molecule has 0 aliphatic carbocycles. The van der Waals surface area contributed by atoms with Crippen molar-refractivity contribution in [1.82, 2.24) is 29.7 Å². The average Bonchev–Trinajstić information content (AvgIpc) is 3.24. The van der Waals surface area contributed by atoms with E-state index in [0.29, 0.717) is 35.4 Å². The number of hydrogen-bond acceptors (Lipinski definition) is 6. The molecule has 0 saturated carbocycles. The maximum atomic E-state index is 13.5. The Morgan fingerprint density at radius 3 is 2.40 bits per heavy atom. The third-order valence-corrected chi connectivity index (χ3v) is 7.12. The van der Waals surface area contributed by atoms with Crippen molar-refractivity contribution < 1.29 is 18.0 Å². The largest absolute Gasteiger partial charge is 0.406 e. The molecular weight excluding hydrogens is 543 g/mol. The summed E-state index contributed by atoms with van der Waals surface area (Å²) in [5, 5.41) is 7.37. The molecule has 4 rings (SSSR count). The van der Waals surface area contributed by atoms with Crippen molar-refractivity contribution in [3.8, 4) is 11.8 Å². The van der Waals surface area contributed by atoms with Crippen molar-refractivity contribution in [2.24, 2.45) is 0 Å². The highest BCUT2D eigenvalue weighted by atomic mass is 19.4. The van der Waals surface area contributed by atoms with Crippen LogP contribution in [-0.2, 0) is 23.3 Å². The Bertz CT molecular complexity index is 1420. The maximum absolute atomic E-state index is 13.5. The number of aromatic nitrogens is 3. The Hall–Kier alpha value is -3.62. The number of amides is 1. The van der Waals surface area contributed by atoms with Gasteiger partial charge in [0.05, 0.1) is 36.9 Å². The summed E-state index contributed by atoms with van der Waals surface area (Å²) in [5.74, 6) is 6.73. The van der Waals surface area contributed by atoms with Crippen molar-refractivity contribution >= 4 is 22.5 Å². The predicted octanol–water partition coefficient (Wildman–Crippen LogP) is 4.40. The number of halogens is 3. The molecule has 42 heavy (non-hydrogen) atoms. The van der Waals surface area contributed by atoms with Gasteiger partial charge in [0.25, 0.3) is 0 Å². The first-order valence-corrected chi connectivity index (χ1v) is 14.2. The first-order valence-electron chi connectivity index (χ1n) is 14.2. The van der Waals surface area contributed by atoms with Crippen LogP contribution in [0.1, 0.15) is 50.7 Å². The number of hydrogen-bond donors (Lipinski definition) is 2. The van der Waals surface area contributed by atoms with Crippen molar-refractivity contribution in [3.63, 3.8) is 0 Å². The number of anilines is 1. The number of piperidine rings is 1. The Morgan fingerprint density at radius 1 is 1.10 bits per heavy atom. The van der Waals surface area contributed by atoms with Crippen LogP contribution in [0.25, 0.3) is 10.9 Å². The molecule has 1 aromatic carbocycles. The lowest BCUT2D eigenvalue weighted by atomic mass is 9.96. The van der Waals surface area contributed by atoms with Crippen molar-refractivity contribution in [2.45, 2.75) is 64.3 Å². The van der Waals surface area contributed by atoms with Gasteiger partial charge in [0.2, 0.25) is 5.91 Å². The van der Waals surface area contributed by atoms with E-state index in [4.69, 9.17) is 0 Å². The van der Waals surface area contributed by atoms with E-state index in [2.05, 4.69) is 32.4 Å². The van der Waals surface area contributed by atoms with Crippen LogP contribution in [0.5, 0.6) is 0 Å². The van der Waals surface area contributed by atoms with E-state index in [0.717, 1.165) is 37.3 Å². The minimum absolute atomic E-state index is 0.144. The number of carbonyl (C=O) groups excluding carboxylic acids is 1. The lowest BCUT2D eigenvalue weighted by molar-refractivity contribution is -0.140. The second-order valence-corrected chi connectivity index (χ2v) is 12.1. The SMILES string of the molecule is CN(C)CC(=O)N1CCC(NCc2ccc3c(c2)cc(C#CCNc2cnc(C(C)(C)C)nc2)n3CC(F)(F)F)CC1. The maximum Gasteiger partial charge on any atom is 0.406 e. The molecule has 3 aromatic rings.